The molecular formula is C19H29N3O. The molecule has 4 heteroatoms. The van der Waals surface area contributed by atoms with Crippen LogP contribution in [0.5, 0.6) is 0 Å². The Morgan fingerprint density at radius 3 is 2.43 bits per heavy atom. The fraction of sp³-hybridized carbons (Fsp3) is 0.526. The van der Waals surface area contributed by atoms with Gasteiger partial charge in [0.25, 0.3) is 0 Å². The lowest BCUT2D eigenvalue weighted by atomic mass is 10.0. The van der Waals surface area contributed by atoms with Crippen LogP contribution >= 0.6 is 0 Å². The van der Waals surface area contributed by atoms with E-state index in [2.05, 4.69) is 43.0 Å². The molecule has 0 radical (unpaired) electrons. The number of hydrogen-bond donors (Lipinski definition) is 1. The van der Waals surface area contributed by atoms with E-state index in [9.17, 15) is 4.79 Å². The molecule has 0 saturated carbocycles. The smallest absolute Gasteiger partial charge is 0.239 e. The lowest BCUT2D eigenvalue weighted by molar-refractivity contribution is -0.134. The van der Waals surface area contributed by atoms with Crippen LogP contribution in [0, 0.1) is 5.92 Å². The number of rotatable bonds is 6. The highest BCUT2D eigenvalue weighted by molar-refractivity contribution is 5.81. The fourth-order valence-corrected chi connectivity index (χ4v) is 2.90. The third kappa shape index (κ3) is 5.81. The molecule has 0 aliphatic carbocycles. The minimum atomic E-state index is -0.348. The highest BCUT2D eigenvalue weighted by Gasteiger charge is 2.25. The first-order valence-electron chi connectivity index (χ1n) is 8.54. The number of hydrogen-bond acceptors (Lipinski definition) is 3. The zero-order valence-corrected chi connectivity index (χ0v) is 14.3. The number of nitrogens with two attached hydrogens (primary N) is 1. The molecule has 4 nitrogen and oxygen atoms in total. The van der Waals surface area contributed by atoms with Crippen molar-refractivity contribution in [3.63, 3.8) is 0 Å². The lowest BCUT2D eigenvalue weighted by Gasteiger charge is -2.35. The molecule has 1 aromatic carbocycles. The first kappa shape index (κ1) is 17.7. The molecular weight excluding hydrogens is 286 g/mol. The highest BCUT2D eigenvalue weighted by atomic mass is 16.2. The summed E-state index contributed by atoms with van der Waals surface area (Å²) in [5.41, 5.74) is 7.24. The van der Waals surface area contributed by atoms with E-state index in [-0.39, 0.29) is 11.9 Å². The van der Waals surface area contributed by atoms with E-state index in [0.29, 0.717) is 5.92 Å². The molecule has 1 aromatic rings. The average Bonchev–Trinajstić information content (AvgIpc) is 2.55. The SMILES string of the molecule is CC(C)C[C@H](N)C(=O)N1CCN(C/C=C/c2ccccc2)CC1. The van der Waals surface area contributed by atoms with Crippen LogP contribution in [-0.4, -0.2) is 54.5 Å². The summed E-state index contributed by atoms with van der Waals surface area (Å²) in [6.45, 7) is 8.52. The summed E-state index contributed by atoms with van der Waals surface area (Å²) in [6.07, 6.45) is 5.10. The number of nitrogens with zero attached hydrogens (tertiary/aromatic N) is 2. The Morgan fingerprint density at radius 2 is 1.83 bits per heavy atom. The maximum atomic E-state index is 12.3. The first-order valence-corrected chi connectivity index (χ1v) is 8.54. The summed E-state index contributed by atoms with van der Waals surface area (Å²) >= 11 is 0. The van der Waals surface area contributed by atoms with E-state index in [1.165, 1.54) is 5.56 Å². The molecule has 2 N–H and O–H groups in total. The van der Waals surface area contributed by atoms with Crippen LogP contribution in [0.3, 0.4) is 0 Å². The van der Waals surface area contributed by atoms with E-state index in [4.69, 9.17) is 5.73 Å². The van der Waals surface area contributed by atoms with Crippen molar-refractivity contribution in [3.8, 4) is 0 Å². The monoisotopic (exact) mass is 315 g/mol. The van der Waals surface area contributed by atoms with Gasteiger partial charge in [0.05, 0.1) is 6.04 Å². The quantitative estimate of drug-likeness (QED) is 0.876. The lowest BCUT2D eigenvalue weighted by Crippen LogP contribution is -2.53. The predicted octanol–water partition coefficient (Wildman–Crippen LogP) is 2.22. The van der Waals surface area contributed by atoms with E-state index in [0.717, 1.165) is 39.1 Å². The van der Waals surface area contributed by atoms with Gasteiger partial charge in [-0.1, -0.05) is 56.3 Å². The van der Waals surface area contributed by atoms with Crippen LogP contribution in [0.4, 0.5) is 0 Å². The number of amides is 1. The Kier molecular flexibility index (Phi) is 6.81. The molecule has 1 heterocycles. The van der Waals surface area contributed by atoms with Gasteiger partial charge in [-0.2, -0.15) is 0 Å². The van der Waals surface area contributed by atoms with Crippen LogP contribution in [0.15, 0.2) is 36.4 Å². The molecule has 0 aromatic heterocycles. The van der Waals surface area contributed by atoms with Gasteiger partial charge in [-0.15, -0.1) is 0 Å². The first-order chi connectivity index (χ1) is 11.1. The summed E-state index contributed by atoms with van der Waals surface area (Å²) in [6, 6.07) is 9.97. The molecule has 2 rings (SSSR count). The van der Waals surface area contributed by atoms with Gasteiger partial charge >= 0.3 is 0 Å². The number of carbonyl (C=O) groups is 1. The Bertz CT molecular complexity index is 505. The van der Waals surface area contributed by atoms with Crippen LogP contribution in [0.25, 0.3) is 6.08 Å². The molecule has 1 aliphatic rings. The van der Waals surface area contributed by atoms with Crippen molar-refractivity contribution in [1.29, 1.82) is 0 Å². The highest BCUT2D eigenvalue weighted by Crippen LogP contribution is 2.09. The zero-order valence-electron chi connectivity index (χ0n) is 14.3. The third-order valence-corrected chi connectivity index (χ3v) is 4.20. The topological polar surface area (TPSA) is 49.6 Å². The fourth-order valence-electron chi connectivity index (χ4n) is 2.90. The van der Waals surface area contributed by atoms with E-state index in [1.807, 2.05) is 23.1 Å². The van der Waals surface area contributed by atoms with Crippen LogP contribution in [0.1, 0.15) is 25.8 Å². The van der Waals surface area contributed by atoms with Crippen molar-refractivity contribution in [2.24, 2.45) is 11.7 Å². The Hall–Kier alpha value is -1.65. The summed E-state index contributed by atoms with van der Waals surface area (Å²) in [5.74, 6) is 0.566. The van der Waals surface area contributed by atoms with Gasteiger partial charge in [0.15, 0.2) is 0 Å². The molecule has 1 amide bonds. The summed E-state index contributed by atoms with van der Waals surface area (Å²) in [5, 5.41) is 0. The van der Waals surface area contributed by atoms with Crippen LogP contribution < -0.4 is 5.73 Å². The molecule has 1 aliphatic heterocycles. The molecule has 1 saturated heterocycles. The standard InChI is InChI=1S/C19H29N3O/c1-16(2)15-18(20)19(23)22-13-11-21(12-14-22)10-6-9-17-7-4-3-5-8-17/h3-9,16,18H,10-15,20H2,1-2H3/b9-6+/t18-/m0/s1. The van der Waals surface area contributed by atoms with Crippen molar-refractivity contribution < 1.29 is 4.79 Å². The zero-order chi connectivity index (χ0) is 16.7. The molecule has 0 spiro atoms. The second-order valence-corrected chi connectivity index (χ2v) is 6.67. The second kappa shape index (κ2) is 8.85. The van der Waals surface area contributed by atoms with Crippen LogP contribution in [0.2, 0.25) is 0 Å². The van der Waals surface area contributed by atoms with Crippen molar-refractivity contribution in [3.05, 3.63) is 42.0 Å². The maximum absolute atomic E-state index is 12.3. The van der Waals surface area contributed by atoms with Gasteiger partial charge < -0.3 is 10.6 Å². The molecule has 1 fully saturated rings. The molecule has 1 atom stereocenters. The average molecular weight is 315 g/mol. The molecule has 0 bridgehead atoms. The maximum Gasteiger partial charge on any atom is 0.239 e. The summed E-state index contributed by atoms with van der Waals surface area (Å²) in [7, 11) is 0. The van der Waals surface area contributed by atoms with E-state index < -0.39 is 0 Å². The predicted molar refractivity (Wildman–Crippen MR) is 95.9 cm³/mol. The molecule has 0 unspecified atom stereocenters. The number of carbonyl (C=O) groups excluding carboxylic acids is 1. The summed E-state index contributed by atoms with van der Waals surface area (Å²) < 4.78 is 0. The van der Waals surface area contributed by atoms with Crippen molar-refractivity contribution >= 4 is 12.0 Å². The molecule has 126 valence electrons. The van der Waals surface area contributed by atoms with E-state index >= 15 is 0 Å². The largest absolute Gasteiger partial charge is 0.339 e. The van der Waals surface area contributed by atoms with Gasteiger partial charge in [-0.25, -0.2) is 0 Å². The van der Waals surface area contributed by atoms with E-state index in [1.54, 1.807) is 0 Å². The van der Waals surface area contributed by atoms with Gasteiger partial charge in [0.1, 0.15) is 0 Å². The molecule has 23 heavy (non-hydrogen) atoms. The Balaban J connectivity index is 1.73. The van der Waals surface area contributed by atoms with Gasteiger partial charge in [0.2, 0.25) is 5.91 Å². The minimum Gasteiger partial charge on any atom is -0.339 e. The van der Waals surface area contributed by atoms with Gasteiger partial charge in [-0.05, 0) is 17.9 Å². The van der Waals surface area contributed by atoms with Gasteiger partial charge in [-0.3, -0.25) is 9.69 Å². The van der Waals surface area contributed by atoms with Gasteiger partial charge in [0, 0.05) is 32.7 Å². The third-order valence-electron chi connectivity index (χ3n) is 4.20. The second-order valence-electron chi connectivity index (χ2n) is 6.67. The minimum absolute atomic E-state index is 0.109. The number of benzene rings is 1. The summed E-state index contributed by atoms with van der Waals surface area (Å²) in [4.78, 5) is 16.6. The Labute approximate surface area is 140 Å². The number of piperazine rings is 1. The van der Waals surface area contributed by atoms with Crippen LogP contribution in [-0.2, 0) is 4.79 Å². The Morgan fingerprint density at radius 1 is 1.17 bits per heavy atom. The normalized spacial score (nSPS) is 17.8. The van der Waals surface area contributed by atoms with Crippen molar-refractivity contribution in [2.75, 3.05) is 32.7 Å². The van der Waals surface area contributed by atoms with Crippen molar-refractivity contribution in [2.45, 2.75) is 26.3 Å². The van der Waals surface area contributed by atoms with Crippen molar-refractivity contribution in [1.82, 2.24) is 9.80 Å².